The van der Waals surface area contributed by atoms with E-state index in [4.69, 9.17) is 4.74 Å². The summed E-state index contributed by atoms with van der Waals surface area (Å²) in [5.41, 5.74) is 5.20. The molecule has 0 aliphatic carbocycles. The summed E-state index contributed by atoms with van der Waals surface area (Å²) in [6.45, 7) is 8.73. The molecule has 2 heteroatoms. The van der Waals surface area contributed by atoms with Crippen molar-refractivity contribution in [1.29, 1.82) is 0 Å². The highest BCUT2D eigenvalue weighted by Gasteiger charge is 2.35. The molecular formula is C28H27OS+. The molecule has 0 radical (unpaired) electrons. The van der Waals surface area contributed by atoms with Crippen molar-refractivity contribution >= 4 is 10.9 Å². The topological polar surface area (TPSA) is 9.23 Å². The molecule has 0 unspecified atom stereocenters. The summed E-state index contributed by atoms with van der Waals surface area (Å²) in [5.74, 6) is 1.77. The summed E-state index contributed by atoms with van der Waals surface area (Å²) < 4.78 is 6.37. The minimum atomic E-state index is -0.265. The number of benzene rings is 4. The summed E-state index contributed by atoms with van der Waals surface area (Å²) in [7, 11) is -0.265. The van der Waals surface area contributed by atoms with Gasteiger partial charge in [0.15, 0.2) is 15.5 Å². The second kappa shape index (κ2) is 8.81. The summed E-state index contributed by atoms with van der Waals surface area (Å²) in [6.07, 6.45) is 0. The number of para-hydroxylation sites is 2. The molecule has 1 nitrogen and oxygen atoms in total. The fraction of sp³-hybridized carbons (Fsp3) is 0.143. The second-order valence-electron chi connectivity index (χ2n) is 7.71. The van der Waals surface area contributed by atoms with Crippen LogP contribution in [0.15, 0.2) is 106 Å². The standard InChI is InChI=1S/C28H27OS/c1-20-14-16-26(22(3)18-20)30(27-17-15-21(2)19-23(27)4)28-13-9-8-12-25(28)29-24-10-6-5-7-11-24/h5-19H,1-4H3/q+1. The van der Waals surface area contributed by atoms with Gasteiger partial charge in [0.1, 0.15) is 16.6 Å². The maximum absolute atomic E-state index is 6.37. The average Bonchev–Trinajstić information content (AvgIpc) is 2.73. The third kappa shape index (κ3) is 4.29. The van der Waals surface area contributed by atoms with Crippen molar-refractivity contribution in [3.05, 3.63) is 113 Å². The first-order valence-electron chi connectivity index (χ1n) is 10.2. The molecule has 0 spiro atoms. The fourth-order valence-corrected chi connectivity index (χ4v) is 6.14. The first-order valence-corrected chi connectivity index (χ1v) is 11.5. The quantitative estimate of drug-likeness (QED) is 0.304. The third-order valence-corrected chi connectivity index (χ3v) is 7.71. The van der Waals surface area contributed by atoms with Crippen LogP contribution >= 0.6 is 0 Å². The molecule has 4 aromatic rings. The molecule has 30 heavy (non-hydrogen) atoms. The van der Waals surface area contributed by atoms with Crippen LogP contribution in [-0.2, 0) is 10.9 Å². The Kier molecular flexibility index (Phi) is 5.96. The first-order chi connectivity index (χ1) is 14.5. The van der Waals surface area contributed by atoms with Gasteiger partial charge in [0.2, 0.25) is 4.90 Å². The number of rotatable bonds is 5. The van der Waals surface area contributed by atoms with Crippen LogP contribution in [0.3, 0.4) is 0 Å². The van der Waals surface area contributed by atoms with Crippen LogP contribution < -0.4 is 4.74 Å². The lowest BCUT2D eigenvalue weighted by molar-refractivity contribution is 0.470. The van der Waals surface area contributed by atoms with E-state index in [0.29, 0.717) is 0 Å². The van der Waals surface area contributed by atoms with Crippen molar-refractivity contribution in [2.24, 2.45) is 0 Å². The molecule has 4 rings (SSSR count). The number of hydrogen-bond donors (Lipinski definition) is 0. The Morgan fingerprint density at radius 3 is 1.63 bits per heavy atom. The maximum Gasteiger partial charge on any atom is 0.208 e. The zero-order chi connectivity index (χ0) is 21.1. The van der Waals surface area contributed by atoms with E-state index in [1.165, 1.54) is 36.9 Å². The van der Waals surface area contributed by atoms with Crippen molar-refractivity contribution < 1.29 is 4.74 Å². The normalized spacial score (nSPS) is 11.0. The maximum atomic E-state index is 6.37. The lowest BCUT2D eigenvalue weighted by Gasteiger charge is -2.16. The molecule has 0 saturated heterocycles. The number of aryl methyl sites for hydroxylation is 4. The Labute approximate surface area is 182 Å². The molecule has 150 valence electrons. The number of hydrogen-bond acceptors (Lipinski definition) is 1. The van der Waals surface area contributed by atoms with E-state index < -0.39 is 0 Å². The highest BCUT2D eigenvalue weighted by atomic mass is 32.2. The van der Waals surface area contributed by atoms with Gasteiger partial charge >= 0.3 is 0 Å². The van der Waals surface area contributed by atoms with Crippen LogP contribution in [0.1, 0.15) is 22.3 Å². The Hall–Kier alpha value is -2.97. The average molecular weight is 412 g/mol. The van der Waals surface area contributed by atoms with Crippen LogP contribution in [0.2, 0.25) is 0 Å². The van der Waals surface area contributed by atoms with Crippen LogP contribution in [0.4, 0.5) is 0 Å². The van der Waals surface area contributed by atoms with E-state index in [1.54, 1.807) is 0 Å². The predicted molar refractivity (Wildman–Crippen MR) is 127 cm³/mol. The van der Waals surface area contributed by atoms with E-state index in [0.717, 1.165) is 11.5 Å². The van der Waals surface area contributed by atoms with E-state index in [9.17, 15) is 0 Å². The Balaban J connectivity index is 1.91. The van der Waals surface area contributed by atoms with E-state index in [-0.39, 0.29) is 10.9 Å². The van der Waals surface area contributed by atoms with Gasteiger partial charge in [-0.15, -0.1) is 0 Å². The van der Waals surface area contributed by atoms with Gasteiger partial charge in [-0.25, -0.2) is 0 Å². The molecular weight excluding hydrogens is 384 g/mol. The van der Waals surface area contributed by atoms with Crippen LogP contribution in [0.5, 0.6) is 11.5 Å². The van der Waals surface area contributed by atoms with Crippen molar-refractivity contribution in [1.82, 2.24) is 0 Å². The van der Waals surface area contributed by atoms with Crippen molar-refractivity contribution in [3.8, 4) is 11.5 Å². The van der Waals surface area contributed by atoms with Gasteiger partial charge in [0, 0.05) is 11.1 Å². The Morgan fingerprint density at radius 2 is 1.07 bits per heavy atom. The lowest BCUT2D eigenvalue weighted by atomic mass is 10.2. The third-order valence-electron chi connectivity index (χ3n) is 5.14. The van der Waals surface area contributed by atoms with Gasteiger partial charge in [-0.1, -0.05) is 65.7 Å². The molecule has 0 saturated carbocycles. The zero-order valence-electron chi connectivity index (χ0n) is 18.0. The molecule has 0 aliphatic rings. The van der Waals surface area contributed by atoms with Gasteiger partial charge in [0.25, 0.3) is 0 Å². The smallest absolute Gasteiger partial charge is 0.208 e. The SMILES string of the molecule is Cc1ccc([S+](c2ccc(C)cc2C)c2ccccc2Oc2ccccc2)c(C)c1. The summed E-state index contributed by atoms with van der Waals surface area (Å²) >= 11 is 0. The highest BCUT2D eigenvalue weighted by molar-refractivity contribution is 7.97. The fourth-order valence-electron chi connectivity index (χ4n) is 3.73. The van der Waals surface area contributed by atoms with Gasteiger partial charge in [0.05, 0.1) is 0 Å². The molecule has 4 aromatic carbocycles. The summed E-state index contributed by atoms with van der Waals surface area (Å²) in [6, 6.07) is 32.0. The molecule has 0 N–H and O–H groups in total. The first kappa shape index (κ1) is 20.3. The summed E-state index contributed by atoms with van der Waals surface area (Å²) in [5, 5.41) is 0. The number of ether oxygens (including phenoxy) is 1. The molecule has 0 aliphatic heterocycles. The molecule has 0 heterocycles. The van der Waals surface area contributed by atoms with E-state index in [1.807, 2.05) is 36.4 Å². The minimum absolute atomic E-state index is 0.265. The van der Waals surface area contributed by atoms with Gasteiger partial charge in [-0.05, 0) is 64.1 Å². The van der Waals surface area contributed by atoms with Gasteiger partial charge in [-0.2, -0.15) is 0 Å². The summed E-state index contributed by atoms with van der Waals surface area (Å²) in [4.78, 5) is 3.90. The van der Waals surface area contributed by atoms with Crippen LogP contribution in [-0.4, -0.2) is 0 Å². The Morgan fingerprint density at radius 1 is 0.533 bits per heavy atom. The molecule has 0 atom stereocenters. The highest BCUT2D eigenvalue weighted by Crippen LogP contribution is 2.40. The van der Waals surface area contributed by atoms with Crippen LogP contribution in [0, 0.1) is 27.7 Å². The van der Waals surface area contributed by atoms with Crippen molar-refractivity contribution in [3.63, 3.8) is 0 Å². The lowest BCUT2D eigenvalue weighted by Crippen LogP contribution is -2.10. The van der Waals surface area contributed by atoms with Gasteiger partial charge in [-0.3, -0.25) is 0 Å². The van der Waals surface area contributed by atoms with E-state index in [2.05, 4.69) is 82.3 Å². The van der Waals surface area contributed by atoms with Crippen molar-refractivity contribution in [2.75, 3.05) is 0 Å². The van der Waals surface area contributed by atoms with Crippen LogP contribution in [0.25, 0.3) is 0 Å². The second-order valence-corrected chi connectivity index (χ2v) is 9.64. The molecule has 0 amide bonds. The van der Waals surface area contributed by atoms with Crippen molar-refractivity contribution in [2.45, 2.75) is 42.4 Å². The largest absolute Gasteiger partial charge is 0.452 e. The minimum Gasteiger partial charge on any atom is -0.452 e. The zero-order valence-corrected chi connectivity index (χ0v) is 18.8. The van der Waals surface area contributed by atoms with E-state index >= 15 is 0 Å². The predicted octanol–water partition coefficient (Wildman–Crippen LogP) is 7.81. The van der Waals surface area contributed by atoms with Gasteiger partial charge < -0.3 is 4.74 Å². The Bertz CT molecular complexity index is 1110. The molecule has 0 fully saturated rings. The monoisotopic (exact) mass is 411 g/mol. The molecule has 0 aromatic heterocycles. The molecule has 0 bridgehead atoms.